The number of ether oxygens (including phenoxy) is 3. The van der Waals surface area contributed by atoms with Crippen molar-refractivity contribution < 1.29 is 32.6 Å². The number of benzene rings is 3. The van der Waals surface area contributed by atoms with E-state index in [9.17, 15) is 19.2 Å². The van der Waals surface area contributed by atoms with Crippen molar-refractivity contribution in [1.29, 1.82) is 5.26 Å². The fourth-order valence-corrected chi connectivity index (χ4v) is 6.92. The third-order valence-corrected chi connectivity index (χ3v) is 10.0. The zero-order valence-electron chi connectivity index (χ0n) is 28.4. The van der Waals surface area contributed by atoms with Gasteiger partial charge in [-0.15, -0.1) is 11.3 Å². The Morgan fingerprint density at radius 2 is 1.77 bits per heavy atom. The van der Waals surface area contributed by atoms with Crippen LogP contribution < -0.4 is 0 Å². The summed E-state index contributed by atoms with van der Waals surface area (Å²) in [5.74, 6) is -3.40. The van der Waals surface area contributed by atoms with Gasteiger partial charge in [-0.05, 0) is 49.0 Å². The van der Waals surface area contributed by atoms with Gasteiger partial charge in [-0.2, -0.15) is 10.4 Å². The van der Waals surface area contributed by atoms with E-state index in [1.54, 1.807) is 48.7 Å². The minimum absolute atomic E-state index is 0.169. The van der Waals surface area contributed by atoms with E-state index in [1.807, 2.05) is 12.1 Å². The highest BCUT2D eigenvalue weighted by Gasteiger charge is 2.47. The summed E-state index contributed by atoms with van der Waals surface area (Å²) < 4.78 is 47.7. The Kier molecular flexibility index (Phi) is 11.3. The second kappa shape index (κ2) is 16.2. The van der Waals surface area contributed by atoms with Crippen LogP contribution in [-0.4, -0.2) is 81.7 Å². The molecule has 3 aromatic carbocycles. The van der Waals surface area contributed by atoms with E-state index in [-0.39, 0.29) is 17.7 Å². The van der Waals surface area contributed by atoms with Crippen molar-refractivity contribution >= 4 is 23.5 Å². The summed E-state index contributed by atoms with van der Waals surface area (Å²) in [6.07, 6.45) is 1.34. The van der Waals surface area contributed by atoms with Gasteiger partial charge in [0, 0.05) is 55.3 Å². The van der Waals surface area contributed by atoms with E-state index < -0.39 is 42.1 Å². The molecule has 12 nitrogen and oxygen atoms in total. The van der Waals surface area contributed by atoms with E-state index >= 15 is 4.39 Å². The Morgan fingerprint density at radius 1 is 1.02 bits per heavy atom. The number of piperazine rings is 1. The summed E-state index contributed by atoms with van der Waals surface area (Å²) in [6.45, 7) is 5.31. The van der Waals surface area contributed by atoms with Crippen molar-refractivity contribution in [3.8, 4) is 17.3 Å². The summed E-state index contributed by atoms with van der Waals surface area (Å²) in [4.78, 5) is 39.6. The smallest absolute Gasteiger partial charge is 0.424 e. The lowest BCUT2D eigenvalue weighted by Gasteiger charge is -2.37. The van der Waals surface area contributed by atoms with Crippen LogP contribution in [-0.2, 0) is 32.9 Å². The highest BCUT2D eigenvalue weighted by Crippen LogP contribution is 2.45. The number of nitrogens with zero attached hydrogens (tertiary/aromatic N) is 7. The molecule has 1 aliphatic rings. The molecule has 0 radical (unpaired) electrons. The molecule has 0 N–H and O–H groups in total. The van der Waals surface area contributed by atoms with Gasteiger partial charge in [-0.3, -0.25) is 4.90 Å². The molecular formula is C37H35F2N7O5S. The van der Waals surface area contributed by atoms with Crippen molar-refractivity contribution in [3.63, 3.8) is 0 Å². The lowest BCUT2D eigenvalue weighted by atomic mass is 9.81. The van der Waals surface area contributed by atoms with Crippen LogP contribution >= 0.6 is 11.3 Å². The van der Waals surface area contributed by atoms with Crippen LogP contribution in [0.5, 0.6) is 0 Å². The first-order valence-corrected chi connectivity index (χ1v) is 17.3. The van der Waals surface area contributed by atoms with E-state index in [1.165, 1.54) is 34.7 Å². The van der Waals surface area contributed by atoms with Crippen molar-refractivity contribution in [2.45, 2.75) is 31.5 Å². The lowest BCUT2D eigenvalue weighted by molar-refractivity contribution is -0.0881. The third-order valence-electron chi connectivity index (χ3n) is 8.98. The predicted molar refractivity (Wildman–Crippen MR) is 186 cm³/mol. The van der Waals surface area contributed by atoms with Gasteiger partial charge in [-0.25, -0.2) is 33.0 Å². The highest BCUT2D eigenvalue weighted by molar-refractivity contribution is 7.10. The Bertz CT molecular complexity index is 2030. The van der Waals surface area contributed by atoms with Crippen molar-refractivity contribution in [2.24, 2.45) is 0 Å². The molecule has 1 saturated heterocycles. The first kappa shape index (κ1) is 36.2. The van der Waals surface area contributed by atoms with Crippen LogP contribution in [0.25, 0.3) is 11.3 Å². The van der Waals surface area contributed by atoms with Crippen LogP contribution in [0.3, 0.4) is 0 Å². The second-order valence-electron chi connectivity index (χ2n) is 12.4. The fraction of sp³-hybridized carbons (Fsp3) is 0.297. The maximum absolute atomic E-state index is 15.7. The standard InChI is InChI=1S/C37H35F2N7O5S/c1-25(34-43-33(20-52-34)28-7-3-26(18-40)4-8-28)37(21-46-23-41-22-42-46,31-12-11-30(38)17-32(31)39)51-36(48)50-24-49-35(47)29-9-5-27(6-10-29)19-45-15-13-44(2)14-16-45/h3-12,17,20,22-23,25H,13-16,19,21,24H2,1-2H3/t25-,37+/m0/s1. The lowest BCUT2D eigenvalue weighted by Crippen LogP contribution is -2.43. The number of halogens is 2. The Hall–Kier alpha value is -5.56. The number of carbonyl (C=O) groups excluding carboxylic acids is 2. The molecule has 0 spiro atoms. The summed E-state index contributed by atoms with van der Waals surface area (Å²) in [6, 6.07) is 18.8. The summed E-state index contributed by atoms with van der Waals surface area (Å²) >= 11 is 1.24. The number of carbonyl (C=O) groups is 2. The molecular weight excluding hydrogens is 693 g/mol. The molecule has 6 rings (SSSR count). The molecule has 0 saturated carbocycles. The Labute approximate surface area is 302 Å². The summed E-state index contributed by atoms with van der Waals surface area (Å²) in [5.41, 5.74) is 1.03. The third kappa shape index (κ3) is 8.48. The van der Waals surface area contributed by atoms with Crippen LogP contribution in [0.1, 0.15) is 44.9 Å². The minimum atomic E-state index is -1.91. The van der Waals surface area contributed by atoms with Gasteiger partial charge >= 0.3 is 12.1 Å². The normalized spacial score (nSPS) is 15.3. The minimum Gasteiger partial charge on any atom is -0.424 e. The van der Waals surface area contributed by atoms with Crippen LogP contribution in [0, 0.1) is 23.0 Å². The average Bonchev–Trinajstić information content (AvgIpc) is 3.85. The Balaban J connectivity index is 1.20. The monoisotopic (exact) mass is 727 g/mol. The van der Waals surface area contributed by atoms with Gasteiger partial charge in [0.1, 0.15) is 29.3 Å². The van der Waals surface area contributed by atoms with Crippen molar-refractivity contribution in [1.82, 2.24) is 29.5 Å². The van der Waals surface area contributed by atoms with Gasteiger partial charge in [0.15, 0.2) is 5.60 Å². The molecule has 0 unspecified atom stereocenters. The molecule has 1 aliphatic heterocycles. The largest absolute Gasteiger partial charge is 0.512 e. The van der Waals surface area contributed by atoms with Crippen molar-refractivity contribution in [3.05, 3.63) is 124 Å². The van der Waals surface area contributed by atoms with Gasteiger partial charge in [-0.1, -0.05) is 31.2 Å². The first-order valence-electron chi connectivity index (χ1n) is 16.4. The second-order valence-corrected chi connectivity index (χ2v) is 13.3. The average molecular weight is 728 g/mol. The molecule has 0 amide bonds. The first-order chi connectivity index (χ1) is 25.1. The molecule has 2 atom stereocenters. The summed E-state index contributed by atoms with van der Waals surface area (Å²) in [5, 5.41) is 15.6. The quantitative estimate of drug-likeness (QED) is 0.111. The maximum atomic E-state index is 15.7. The molecule has 268 valence electrons. The van der Waals surface area contributed by atoms with E-state index in [0.717, 1.165) is 49.9 Å². The molecule has 3 heterocycles. The SMILES string of the molecule is C[C@@H](c1nc(-c2ccc(C#N)cc2)cs1)[C@@](Cn1cncn1)(OC(=O)OCOC(=O)c1ccc(CN2CCN(C)CC2)cc1)c1ccc(F)cc1F. The zero-order valence-corrected chi connectivity index (χ0v) is 29.3. The molecule has 15 heteroatoms. The summed E-state index contributed by atoms with van der Waals surface area (Å²) in [7, 11) is 2.10. The Morgan fingerprint density at radius 3 is 2.44 bits per heavy atom. The van der Waals surface area contributed by atoms with E-state index in [2.05, 4.69) is 33.0 Å². The van der Waals surface area contributed by atoms with Crippen LogP contribution in [0.2, 0.25) is 0 Å². The molecule has 52 heavy (non-hydrogen) atoms. The predicted octanol–water partition coefficient (Wildman–Crippen LogP) is 5.97. The van der Waals surface area contributed by atoms with Gasteiger partial charge in [0.05, 0.1) is 35.4 Å². The van der Waals surface area contributed by atoms with Crippen molar-refractivity contribution in [2.75, 3.05) is 40.0 Å². The molecule has 5 aromatic rings. The topological polar surface area (TPSA) is 136 Å². The molecule has 2 aromatic heterocycles. The fourth-order valence-electron chi connectivity index (χ4n) is 5.96. The number of thiazole rings is 1. The molecule has 0 bridgehead atoms. The number of hydrogen-bond donors (Lipinski definition) is 0. The van der Waals surface area contributed by atoms with Crippen LogP contribution in [0.15, 0.2) is 84.8 Å². The van der Waals surface area contributed by atoms with E-state index in [0.29, 0.717) is 22.3 Å². The number of nitriles is 1. The number of likely N-dealkylation sites (N-methyl/N-ethyl adjacent to an activating group) is 1. The van der Waals surface area contributed by atoms with Crippen LogP contribution in [0.4, 0.5) is 13.6 Å². The number of rotatable bonds is 12. The maximum Gasteiger partial charge on any atom is 0.512 e. The molecule has 1 fully saturated rings. The van der Waals surface area contributed by atoms with E-state index in [4.69, 9.17) is 19.2 Å². The number of hydrogen-bond acceptors (Lipinski definition) is 12. The molecule has 0 aliphatic carbocycles. The van der Waals surface area contributed by atoms with Gasteiger partial charge < -0.3 is 19.1 Å². The highest BCUT2D eigenvalue weighted by atomic mass is 32.1. The van der Waals surface area contributed by atoms with Gasteiger partial charge in [0.2, 0.25) is 6.79 Å². The van der Waals surface area contributed by atoms with Gasteiger partial charge in [0.25, 0.3) is 0 Å². The number of aromatic nitrogens is 4. The zero-order chi connectivity index (χ0) is 36.7. The number of esters is 1.